The van der Waals surface area contributed by atoms with Crippen LogP contribution < -0.4 is 10.6 Å². The Morgan fingerprint density at radius 3 is 2.89 bits per heavy atom. The van der Waals surface area contributed by atoms with E-state index >= 15 is 0 Å². The van der Waals surface area contributed by atoms with Crippen LogP contribution in [0.3, 0.4) is 0 Å². The van der Waals surface area contributed by atoms with Gasteiger partial charge in [0, 0.05) is 30.5 Å². The van der Waals surface area contributed by atoms with Gasteiger partial charge in [0.15, 0.2) is 0 Å². The summed E-state index contributed by atoms with van der Waals surface area (Å²) in [6.07, 6.45) is 2.61. The van der Waals surface area contributed by atoms with Crippen molar-refractivity contribution in [2.75, 3.05) is 18.1 Å². The van der Waals surface area contributed by atoms with Gasteiger partial charge in [-0.15, -0.1) is 0 Å². The molecule has 5 nitrogen and oxygen atoms in total. The minimum Gasteiger partial charge on any atom is -0.480 e. The second-order valence-corrected chi connectivity index (χ2v) is 5.68. The molecule has 1 unspecified atom stereocenters. The van der Waals surface area contributed by atoms with Gasteiger partial charge in [0.2, 0.25) is 5.91 Å². The van der Waals surface area contributed by atoms with Gasteiger partial charge < -0.3 is 15.7 Å². The fourth-order valence-corrected chi connectivity index (χ4v) is 2.84. The van der Waals surface area contributed by atoms with Crippen LogP contribution in [-0.4, -0.2) is 47.1 Å². The highest BCUT2D eigenvalue weighted by Crippen LogP contribution is 2.10. The van der Waals surface area contributed by atoms with Gasteiger partial charge in [-0.25, -0.2) is 4.79 Å². The predicted molar refractivity (Wildman–Crippen MR) is 72.8 cm³/mol. The summed E-state index contributed by atoms with van der Waals surface area (Å²) >= 11 is 1.83. The Hall–Kier alpha value is -0.750. The van der Waals surface area contributed by atoms with Gasteiger partial charge in [-0.2, -0.15) is 11.8 Å². The van der Waals surface area contributed by atoms with E-state index < -0.39 is 12.0 Å². The molecule has 1 saturated heterocycles. The van der Waals surface area contributed by atoms with E-state index in [4.69, 9.17) is 5.11 Å². The van der Waals surface area contributed by atoms with Crippen molar-refractivity contribution < 1.29 is 14.7 Å². The lowest BCUT2D eigenvalue weighted by Crippen LogP contribution is -2.45. The number of thioether (sulfide) groups is 1. The molecule has 1 rings (SSSR count). The van der Waals surface area contributed by atoms with Crippen molar-refractivity contribution in [1.82, 2.24) is 10.6 Å². The molecule has 0 aliphatic carbocycles. The van der Waals surface area contributed by atoms with E-state index in [2.05, 4.69) is 10.6 Å². The quantitative estimate of drug-likeness (QED) is 0.641. The molecule has 6 heteroatoms. The van der Waals surface area contributed by atoms with Crippen molar-refractivity contribution >= 4 is 23.6 Å². The van der Waals surface area contributed by atoms with Crippen molar-refractivity contribution in [3.05, 3.63) is 0 Å². The van der Waals surface area contributed by atoms with Gasteiger partial charge in [0.25, 0.3) is 0 Å². The molecule has 18 heavy (non-hydrogen) atoms. The number of hydrogen-bond acceptors (Lipinski definition) is 4. The molecule has 1 fully saturated rings. The number of carbonyl (C=O) groups is 2. The Labute approximate surface area is 112 Å². The van der Waals surface area contributed by atoms with E-state index in [0.29, 0.717) is 12.8 Å². The topological polar surface area (TPSA) is 78.4 Å². The summed E-state index contributed by atoms with van der Waals surface area (Å²) in [5.74, 6) is 0.883. The fourth-order valence-electron chi connectivity index (χ4n) is 1.89. The molecule has 1 amide bonds. The highest BCUT2D eigenvalue weighted by atomic mass is 32.2. The van der Waals surface area contributed by atoms with E-state index in [9.17, 15) is 9.59 Å². The molecule has 0 aromatic carbocycles. The summed E-state index contributed by atoms with van der Waals surface area (Å²) in [5.41, 5.74) is 0. The van der Waals surface area contributed by atoms with Gasteiger partial charge in [-0.3, -0.25) is 4.79 Å². The van der Waals surface area contributed by atoms with Crippen molar-refractivity contribution in [2.24, 2.45) is 0 Å². The second kappa shape index (κ2) is 8.37. The van der Waals surface area contributed by atoms with Crippen LogP contribution in [0.2, 0.25) is 0 Å². The Balaban J connectivity index is 2.32. The number of hydrogen-bond donors (Lipinski definition) is 3. The normalized spacial score (nSPS) is 21.3. The van der Waals surface area contributed by atoms with Crippen LogP contribution in [0.1, 0.15) is 32.6 Å². The minimum absolute atomic E-state index is 0.168. The highest BCUT2D eigenvalue weighted by molar-refractivity contribution is 7.99. The molecule has 1 aliphatic rings. The number of amides is 1. The van der Waals surface area contributed by atoms with Gasteiger partial charge in [-0.05, 0) is 6.42 Å². The first-order chi connectivity index (χ1) is 8.63. The summed E-state index contributed by atoms with van der Waals surface area (Å²) < 4.78 is 0. The molecule has 0 saturated carbocycles. The lowest BCUT2D eigenvalue weighted by Gasteiger charge is -2.23. The molecule has 2 atom stereocenters. The van der Waals surface area contributed by atoms with Crippen molar-refractivity contribution in [2.45, 2.75) is 44.7 Å². The molecule has 0 bridgehead atoms. The van der Waals surface area contributed by atoms with Crippen LogP contribution in [0.4, 0.5) is 0 Å². The van der Waals surface area contributed by atoms with Crippen molar-refractivity contribution in [3.8, 4) is 0 Å². The van der Waals surface area contributed by atoms with Crippen LogP contribution in [0.25, 0.3) is 0 Å². The van der Waals surface area contributed by atoms with E-state index in [1.807, 2.05) is 18.7 Å². The Kier molecular flexibility index (Phi) is 7.12. The predicted octanol–water partition coefficient (Wildman–Crippen LogP) is 0.841. The third-order valence-electron chi connectivity index (χ3n) is 2.91. The lowest BCUT2D eigenvalue weighted by molar-refractivity contribution is -0.142. The van der Waals surface area contributed by atoms with Gasteiger partial charge in [0.1, 0.15) is 6.04 Å². The lowest BCUT2D eigenvalue weighted by atomic mass is 10.1. The zero-order valence-corrected chi connectivity index (χ0v) is 11.6. The number of nitrogens with one attached hydrogen (secondary N) is 2. The van der Waals surface area contributed by atoms with Gasteiger partial charge in [-0.1, -0.05) is 19.8 Å². The van der Waals surface area contributed by atoms with Crippen LogP contribution in [0.5, 0.6) is 0 Å². The van der Waals surface area contributed by atoms with Crippen LogP contribution >= 0.6 is 11.8 Å². The van der Waals surface area contributed by atoms with Crippen LogP contribution in [0.15, 0.2) is 0 Å². The standard InChI is InChI=1S/C12H22N2O3S/c1-2-3-4-10(12(16)17)14-11(15)7-9-8-18-6-5-13-9/h9-10,13H,2-8H2,1H3,(H,14,15)(H,16,17)/t9?,10-/m0/s1. The second-order valence-electron chi connectivity index (χ2n) is 4.53. The molecule has 0 spiro atoms. The first-order valence-corrected chi connectivity index (χ1v) is 7.62. The summed E-state index contributed by atoms with van der Waals surface area (Å²) in [4.78, 5) is 22.8. The van der Waals surface area contributed by atoms with Crippen LogP contribution in [-0.2, 0) is 9.59 Å². The maximum Gasteiger partial charge on any atom is 0.326 e. The molecule has 104 valence electrons. The molecular weight excluding hydrogens is 252 g/mol. The summed E-state index contributed by atoms with van der Waals surface area (Å²) in [7, 11) is 0. The number of unbranched alkanes of at least 4 members (excludes halogenated alkanes) is 1. The van der Waals surface area contributed by atoms with Crippen molar-refractivity contribution in [1.29, 1.82) is 0 Å². The Bertz CT molecular complexity index is 280. The number of carboxylic acid groups (broad SMARTS) is 1. The number of aliphatic carboxylic acids is 1. The molecule has 0 aromatic rings. The third-order valence-corrected chi connectivity index (χ3v) is 4.04. The average molecular weight is 274 g/mol. The summed E-state index contributed by atoms with van der Waals surface area (Å²) in [5, 5.41) is 14.9. The van der Waals surface area contributed by atoms with Gasteiger partial charge in [0.05, 0.1) is 0 Å². The molecular formula is C12H22N2O3S. The zero-order valence-electron chi connectivity index (χ0n) is 10.8. The average Bonchev–Trinajstić information content (AvgIpc) is 2.35. The molecule has 1 heterocycles. The van der Waals surface area contributed by atoms with Crippen LogP contribution in [0, 0.1) is 0 Å². The Morgan fingerprint density at radius 2 is 2.33 bits per heavy atom. The SMILES string of the molecule is CCCC[C@H](NC(=O)CC1CSCCN1)C(=O)O. The summed E-state index contributed by atoms with van der Waals surface area (Å²) in [6.45, 7) is 2.92. The number of carbonyl (C=O) groups excluding carboxylic acids is 1. The van der Waals surface area contributed by atoms with E-state index in [1.165, 1.54) is 0 Å². The first-order valence-electron chi connectivity index (χ1n) is 6.46. The summed E-state index contributed by atoms with van der Waals surface area (Å²) in [6, 6.07) is -0.571. The molecule has 3 N–H and O–H groups in total. The monoisotopic (exact) mass is 274 g/mol. The highest BCUT2D eigenvalue weighted by Gasteiger charge is 2.22. The minimum atomic E-state index is -0.942. The van der Waals surface area contributed by atoms with E-state index in [-0.39, 0.29) is 11.9 Å². The maximum atomic E-state index is 11.8. The fraction of sp³-hybridized carbons (Fsp3) is 0.833. The largest absolute Gasteiger partial charge is 0.480 e. The number of rotatable bonds is 7. The Morgan fingerprint density at radius 1 is 1.56 bits per heavy atom. The third kappa shape index (κ3) is 5.73. The van der Waals surface area contributed by atoms with Gasteiger partial charge >= 0.3 is 5.97 Å². The van der Waals surface area contributed by atoms with E-state index in [0.717, 1.165) is 30.9 Å². The smallest absolute Gasteiger partial charge is 0.326 e. The molecule has 1 aliphatic heterocycles. The number of carboxylic acids is 1. The maximum absolute atomic E-state index is 11.8. The first kappa shape index (κ1) is 15.3. The molecule has 0 aromatic heterocycles. The van der Waals surface area contributed by atoms with E-state index in [1.54, 1.807) is 0 Å². The molecule has 0 radical (unpaired) electrons. The zero-order chi connectivity index (χ0) is 13.4. The van der Waals surface area contributed by atoms with Crippen molar-refractivity contribution in [3.63, 3.8) is 0 Å².